The molecule has 2 spiro atoms. The number of nitrogens with two attached hydrogens (primary N) is 1. The van der Waals surface area contributed by atoms with E-state index in [1.54, 1.807) is 19.0 Å². The molecule has 4 atom stereocenters. The van der Waals surface area contributed by atoms with Gasteiger partial charge in [-0.25, -0.2) is 0 Å². The van der Waals surface area contributed by atoms with Gasteiger partial charge >= 0.3 is 0 Å². The van der Waals surface area contributed by atoms with Gasteiger partial charge in [-0.2, -0.15) is 0 Å². The lowest BCUT2D eigenvalue weighted by atomic mass is 9.56. The molecule has 3 aliphatic carbocycles. The summed E-state index contributed by atoms with van der Waals surface area (Å²) in [6, 6.07) is 0.898. The first-order valence-corrected chi connectivity index (χ1v) is 16.5. The summed E-state index contributed by atoms with van der Waals surface area (Å²) < 4.78 is 31.1. The van der Waals surface area contributed by atoms with Crippen molar-refractivity contribution in [2.45, 2.75) is 62.4 Å². The number of aliphatic hydroxyl groups excluding tert-OH is 2. The number of anilines is 2. The molecule has 2 amide bonds. The van der Waals surface area contributed by atoms with Crippen molar-refractivity contribution >= 4 is 23.2 Å². The molecule has 0 bridgehead atoms. The molecule has 15 nitrogen and oxygen atoms in total. The summed E-state index contributed by atoms with van der Waals surface area (Å²) in [5, 5.41) is 43.4. The number of fused-ring (bicyclic) bond motifs is 6. The molecule has 5 aliphatic rings. The number of hydrogen-bond donors (Lipinski definition) is 6. The molecule has 2 heterocycles. The number of hydrogen-bond acceptors (Lipinski definition) is 13. The number of primary amides is 1. The molecule has 0 radical (unpaired) electrons. The first kappa shape index (κ1) is 35.4. The molecule has 2 saturated heterocycles. The van der Waals surface area contributed by atoms with Crippen molar-refractivity contribution in [1.82, 2.24) is 10.2 Å². The molecule has 7 N–H and O–H groups in total. The Kier molecular flexibility index (Phi) is 8.75. The minimum Gasteiger partial charge on any atom is -0.510 e. The van der Waals surface area contributed by atoms with Crippen LogP contribution in [0.4, 0.5) is 11.4 Å². The van der Waals surface area contributed by atoms with Crippen LogP contribution in [0.3, 0.4) is 0 Å². The van der Waals surface area contributed by atoms with Gasteiger partial charge in [0, 0.05) is 36.8 Å². The van der Waals surface area contributed by atoms with Gasteiger partial charge in [0.2, 0.25) is 17.5 Å². The Balaban J connectivity index is 1.61. The summed E-state index contributed by atoms with van der Waals surface area (Å²) in [7, 11) is 8.65. The van der Waals surface area contributed by atoms with Crippen LogP contribution < -0.4 is 26.0 Å². The number of methoxy groups -OCH3 is 1. The van der Waals surface area contributed by atoms with E-state index >= 15 is 0 Å². The average molecular weight is 688 g/mol. The molecular weight excluding hydrogens is 638 g/mol. The number of likely N-dealkylation sites (N-methyl/N-ethyl adjacent to an activating group) is 1. The fraction of sp³-hybridized carbons (Fsp3) is 0.647. The zero-order valence-electron chi connectivity index (χ0n) is 29.4. The van der Waals surface area contributed by atoms with Gasteiger partial charge in [0.25, 0.3) is 5.91 Å². The van der Waals surface area contributed by atoms with Crippen LogP contribution in [0.2, 0.25) is 0 Å². The van der Waals surface area contributed by atoms with E-state index in [0.29, 0.717) is 17.7 Å². The fourth-order valence-electron chi connectivity index (χ4n) is 8.48. The third-order valence-corrected chi connectivity index (χ3v) is 10.3. The van der Waals surface area contributed by atoms with E-state index in [9.17, 15) is 24.9 Å². The number of aliphatic hydroxyl groups is 3. The Morgan fingerprint density at radius 2 is 1.67 bits per heavy atom. The van der Waals surface area contributed by atoms with Gasteiger partial charge in [0.05, 0.1) is 57.4 Å². The molecule has 270 valence electrons. The maximum absolute atomic E-state index is 13.2. The van der Waals surface area contributed by atoms with Gasteiger partial charge < -0.3 is 60.3 Å². The summed E-state index contributed by atoms with van der Waals surface area (Å²) >= 11 is 0. The van der Waals surface area contributed by atoms with Crippen molar-refractivity contribution in [3.8, 4) is 5.75 Å². The molecule has 6 rings (SSSR count). The summed E-state index contributed by atoms with van der Waals surface area (Å²) in [4.78, 5) is 29.8. The number of benzene rings is 1. The minimum atomic E-state index is -2.41. The van der Waals surface area contributed by atoms with E-state index in [2.05, 4.69) is 10.6 Å². The second-order valence-corrected chi connectivity index (χ2v) is 14.8. The summed E-state index contributed by atoms with van der Waals surface area (Å²) in [6.07, 6.45) is 0.546. The molecule has 49 heavy (non-hydrogen) atoms. The third-order valence-electron chi connectivity index (χ3n) is 10.3. The van der Waals surface area contributed by atoms with Gasteiger partial charge in [0.15, 0.2) is 11.4 Å². The summed E-state index contributed by atoms with van der Waals surface area (Å²) in [5.74, 6) is -7.53. The average Bonchev–Trinajstić information content (AvgIpc) is 3.69. The lowest BCUT2D eigenvalue weighted by Gasteiger charge is -2.58. The van der Waals surface area contributed by atoms with Crippen LogP contribution in [0.5, 0.6) is 5.75 Å². The van der Waals surface area contributed by atoms with E-state index in [1.807, 2.05) is 45.8 Å². The normalized spacial score (nSPS) is 28.5. The Morgan fingerprint density at radius 1 is 1.06 bits per heavy atom. The molecule has 0 aromatic heterocycles. The molecule has 2 fully saturated rings. The quantitative estimate of drug-likeness (QED) is 0.238. The van der Waals surface area contributed by atoms with Crippen molar-refractivity contribution < 1.29 is 48.6 Å². The summed E-state index contributed by atoms with van der Waals surface area (Å²) in [5.41, 5.74) is 5.26. The standard InChI is InChI=1S/C34H49N5O10/c1-31(2,3)36-16-22(40)37-20-15-21(38(4)5)18-13-17-14-19-26(39(6)7)27(41)25(30(35)43)34(48-11-12-49-34)32(19,44)29(42)23(17)33(46-9-10-47-33)24(18)28(20)45-8/h15,17,19,26,36,41-42,44H,9-14,16H2,1-8H3,(H2,35,43)(H,37,40)/t17-,19-,26-,32-/m0/s1. The second kappa shape index (κ2) is 12.1. The highest BCUT2D eigenvalue weighted by atomic mass is 16.8. The van der Waals surface area contributed by atoms with Gasteiger partial charge in [-0.05, 0) is 65.3 Å². The van der Waals surface area contributed by atoms with Crippen LogP contribution >= 0.6 is 0 Å². The predicted octanol–water partition coefficient (Wildman–Crippen LogP) is 1.01. The fourth-order valence-corrected chi connectivity index (χ4v) is 8.48. The van der Waals surface area contributed by atoms with Crippen molar-refractivity contribution in [2.75, 3.05) is 78.5 Å². The highest BCUT2D eigenvalue weighted by Crippen LogP contribution is 2.64. The zero-order chi connectivity index (χ0) is 35.8. The van der Waals surface area contributed by atoms with E-state index in [1.165, 1.54) is 7.11 Å². The van der Waals surface area contributed by atoms with Crippen LogP contribution in [0.1, 0.15) is 38.3 Å². The first-order valence-electron chi connectivity index (χ1n) is 16.5. The highest BCUT2D eigenvalue weighted by Gasteiger charge is 2.74. The number of nitrogens with zero attached hydrogens (tertiary/aromatic N) is 2. The number of rotatable bonds is 7. The Labute approximate surface area is 285 Å². The smallest absolute Gasteiger partial charge is 0.253 e. The molecule has 2 aliphatic heterocycles. The van der Waals surface area contributed by atoms with Crippen LogP contribution in [-0.4, -0.2) is 123 Å². The molecule has 0 saturated carbocycles. The zero-order valence-corrected chi connectivity index (χ0v) is 29.4. The number of carbonyl (C=O) groups is 2. The van der Waals surface area contributed by atoms with E-state index in [0.717, 1.165) is 11.3 Å². The van der Waals surface area contributed by atoms with Gasteiger partial charge in [-0.1, -0.05) is 0 Å². The number of amides is 2. The minimum absolute atomic E-state index is 0.0358. The van der Waals surface area contributed by atoms with Crippen molar-refractivity contribution in [2.24, 2.45) is 17.6 Å². The largest absolute Gasteiger partial charge is 0.510 e. The van der Waals surface area contributed by atoms with Crippen LogP contribution in [0, 0.1) is 11.8 Å². The lowest BCUT2D eigenvalue weighted by Crippen LogP contribution is -2.72. The van der Waals surface area contributed by atoms with Gasteiger partial charge in [-0.3, -0.25) is 14.5 Å². The van der Waals surface area contributed by atoms with Crippen LogP contribution in [-0.2, 0) is 40.7 Å². The number of nitrogens with one attached hydrogen (secondary N) is 2. The lowest BCUT2D eigenvalue weighted by molar-refractivity contribution is -0.281. The molecular formula is C34H49N5O10. The molecule has 1 aromatic carbocycles. The van der Waals surface area contributed by atoms with Crippen molar-refractivity contribution in [3.63, 3.8) is 0 Å². The van der Waals surface area contributed by atoms with Crippen molar-refractivity contribution in [1.29, 1.82) is 0 Å². The Bertz CT molecular complexity index is 1600. The van der Waals surface area contributed by atoms with E-state index in [-0.39, 0.29) is 67.9 Å². The maximum Gasteiger partial charge on any atom is 0.253 e. The topological polar surface area (TPSA) is 198 Å². The first-order chi connectivity index (χ1) is 22.9. The van der Waals surface area contributed by atoms with Crippen molar-refractivity contribution in [3.05, 3.63) is 39.9 Å². The third kappa shape index (κ3) is 5.12. The van der Waals surface area contributed by atoms with Crippen LogP contribution in [0.25, 0.3) is 0 Å². The van der Waals surface area contributed by atoms with Gasteiger partial charge in [0.1, 0.15) is 17.1 Å². The maximum atomic E-state index is 13.2. The van der Waals surface area contributed by atoms with Gasteiger partial charge in [-0.15, -0.1) is 0 Å². The highest BCUT2D eigenvalue weighted by molar-refractivity contribution is 5.96. The second-order valence-electron chi connectivity index (χ2n) is 14.8. The van der Waals surface area contributed by atoms with Crippen LogP contribution in [0.15, 0.2) is 28.7 Å². The number of carbonyl (C=O) groups excluding carboxylic acids is 2. The van der Waals surface area contributed by atoms with E-state index in [4.69, 9.17) is 29.4 Å². The number of ether oxygens (including phenoxy) is 5. The Morgan fingerprint density at radius 3 is 2.20 bits per heavy atom. The Hall–Kier alpha value is -3.44. The SMILES string of the molecule is COc1c(NC(=O)CNC(C)(C)C)cc(N(C)C)c2c1C1(OCCO1)C1=C(O)[C@@]3(O)[C@@H](C[C@@H]1C2)[C@H](N(C)C)C(O)=C(C(N)=O)C31OCCO1. The molecule has 0 unspecified atom stereocenters. The predicted molar refractivity (Wildman–Crippen MR) is 178 cm³/mol. The van der Waals surface area contributed by atoms with E-state index < -0.39 is 52.3 Å². The molecule has 15 heteroatoms. The molecule has 1 aromatic rings. The monoisotopic (exact) mass is 687 g/mol. The summed E-state index contributed by atoms with van der Waals surface area (Å²) in [6.45, 7) is 6.14.